The number of rotatable bonds is 8. The van der Waals surface area contributed by atoms with Crippen molar-refractivity contribution in [3.63, 3.8) is 0 Å². The van der Waals surface area contributed by atoms with E-state index >= 15 is 4.39 Å². The molecule has 5 rings (SSSR count). The minimum atomic E-state index is -0.218. The Labute approximate surface area is 247 Å². The zero-order valence-corrected chi connectivity index (χ0v) is 26.3. The molecule has 1 aromatic carbocycles. The highest BCUT2D eigenvalue weighted by atomic mass is 19.1. The first-order chi connectivity index (χ1) is 19.8. The van der Waals surface area contributed by atoms with Crippen LogP contribution >= 0.6 is 0 Å². The first-order valence-electron chi connectivity index (χ1n) is 15.6. The summed E-state index contributed by atoms with van der Waals surface area (Å²) in [7, 11) is 4.13. The van der Waals surface area contributed by atoms with Crippen molar-refractivity contribution in [1.82, 2.24) is 15.2 Å². The van der Waals surface area contributed by atoms with E-state index in [1.54, 1.807) is 6.07 Å². The third-order valence-electron chi connectivity index (χ3n) is 9.10. The summed E-state index contributed by atoms with van der Waals surface area (Å²) in [5.74, 6) is 0.281. The Morgan fingerprint density at radius 1 is 1.15 bits per heavy atom. The zero-order chi connectivity index (χ0) is 29.7. The van der Waals surface area contributed by atoms with Crippen LogP contribution in [0.4, 0.5) is 10.1 Å². The van der Waals surface area contributed by atoms with Gasteiger partial charge in [-0.15, -0.1) is 0 Å². The maximum atomic E-state index is 15.7. The summed E-state index contributed by atoms with van der Waals surface area (Å²) < 4.78 is 15.7. The average molecular weight is 557 g/mol. The average Bonchev–Trinajstić information content (AvgIpc) is 3.34. The van der Waals surface area contributed by atoms with Gasteiger partial charge in [0, 0.05) is 59.2 Å². The molecule has 1 aliphatic heterocycles. The molecule has 0 saturated heterocycles. The minimum absolute atomic E-state index is 0.218. The number of hydrogen-bond acceptors (Lipinski definition) is 4. The number of likely N-dealkylation sites (N-methyl/N-ethyl adjacent to an activating group) is 2. The van der Waals surface area contributed by atoms with Crippen LogP contribution in [0.1, 0.15) is 101 Å². The molecule has 0 bridgehead atoms. The van der Waals surface area contributed by atoms with Crippen molar-refractivity contribution in [2.45, 2.75) is 85.0 Å². The highest BCUT2D eigenvalue weighted by molar-refractivity contribution is 6.01. The molecule has 1 fully saturated rings. The summed E-state index contributed by atoms with van der Waals surface area (Å²) in [6.07, 6.45) is 14.3. The summed E-state index contributed by atoms with van der Waals surface area (Å²) >= 11 is 0. The Hall–Kier alpha value is -3.05. The van der Waals surface area contributed by atoms with Crippen LogP contribution in [-0.2, 0) is 11.8 Å². The molecule has 0 spiro atoms. The van der Waals surface area contributed by atoms with Crippen molar-refractivity contribution < 1.29 is 4.39 Å². The quantitative estimate of drug-likeness (QED) is 0.261. The number of allylic oxidation sites excluding steroid dienone is 3. The fourth-order valence-corrected chi connectivity index (χ4v) is 6.91. The second kappa shape index (κ2) is 13.3. The number of pyridine rings is 1. The van der Waals surface area contributed by atoms with Crippen LogP contribution in [0.25, 0.3) is 11.1 Å². The number of nitrogens with zero attached hydrogens (tertiary/aromatic N) is 3. The molecule has 0 amide bonds. The molecule has 1 unspecified atom stereocenters. The van der Waals surface area contributed by atoms with Gasteiger partial charge in [0.15, 0.2) is 0 Å². The summed E-state index contributed by atoms with van der Waals surface area (Å²) in [5.41, 5.74) is 9.76. The third kappa shape index (κ3) is 5.97. The Balaban J connectivity index is 0.00000189. The van der Waals surface area contributed by atoms with Crippen molar-refractivity contribution in [2.24, 2.45) is 10.9 Å². The summed E-state index contributed by atoms with van der Waals surface area (Å²) in [4.78, 5) is 11.8. The van der Waals surface area contributed by atoms with E-state index in [2.05, 4.69) is 69.9 Å². The predicted octanol–water partition coefficient (Wildman–Crippen LogP) is 8.64. The Morgan fingerprint density at radius 2 is 1.85 bits per heavy atom. The van der Waals surface area contributed by atoms with E-state index in [0.29, 0.717) is 11.6 Å². The molecule has 0 radical (unpaired) electrons. The van der Waals surface area contributed by atoms with Crippen LogP contribution in [0.3, 0.4) is 0 Å². The number of fused-ring (bicyclic) bond motifs is 2. The topological polar surface area (TPSA) is 40.5 Å². The molecule has 2 heterocycles. The van der Waals surface area contributed by atoms with Crippen molar-refractivity contribution >= 4 is 22.5 Å². The van der Waals surface area contributed by atoms with Gasteiger partial charge in [-0.1, -0.05) is 58.3 Å². The molecule has 2 aromatic rings. The molecule has 41 heavy (non-hydrogen) atoms. The summed E-state index contributed by atoms with van der Waals surface area (Å²) in [6.45, 7) is 16.3. The number of aliphatic imine (C=N–C) groups is 1. The van der Waals surface area contributed by atoms with Gasteiger partial charge in [-0.25, -0.2) is 4.39 Å². The Bertz CT molecular complexity index is 1360. The lowest BCUT2D eigenvalue weighted by atomic mass is 9.66. The minimum Gasteiger partial charge on any atom is -0.387 e. The largest absolute Gasteiger partial charge is 0.387 e. The smallest absolute Gasteiger partial charge is 0.149 e. The standard InChI is InChI=1S/C34H43FN4.C2H6/c1-7-26(32(36-8-2)21-39(5)6)24-17-28-27(15-16-31(28)37-20-24)23-18-29-33(30(35)19-23)38-22(3)34(29,4)25-13-11-9-10-12-14-25;1-2/h7,15,17-20,25,36H,1,8-14,16,21H2,2-6H3;1-2H3/b32-26+;. The molecule has 1 N–H and O–H groups in total. The summed E-state index contributed by atoms with van der Waals surface area (Å²) in [6, 6.07) is 6.13. The van der Waals surface area contributed by atoms with Crippen LogP contribution in [0.5, 0.6) is 0 Å². The highest BCUT2D eigenvalue weighted by Gasteiger charge is 2.44. The van der Waals surface area contributed by atoms with Crippen molar-refractivity contribution in [1.29, 1.82) is 0 Å². The fraction of sp³-hybridized carbons (Fsp3) is 0.500. The van der Waals surface area contributed by atoms with Gasteiger partial charge in [0.25, 0.3) is 0 Å². The van der Waals surface area contributed by atoms with Gasteiger partial charge >= 0.3 is 0 Å². The number of aromatic nitrogens is 1. The number of hydrogen-bond donors (Lipinski definition) is 1. The van der Waals surface area contributed by atoms with Crippen LogP contribution in [0.15, 0.2) is 53.8 Å². The molecule has 220 valence electrons. The molecular weight excluding hydrogens is 507 g/mol. The molecule has 1 saturated carbocycles. The van der Waals surface area contributed by atoms with Crippen LogP contribution in [0.2, 0.25) is 0 Å². The van der Waals surface area contributed by atoms with Crippen LogP contribution < -0.4 is 5.32 Å². The van der Waals surface area contributed by atoms with Crippen molar-refractivity contribution in [2.75, 3.05) is 27.2 Å². The maximum absolute atomic E-state index is 15.7. The lowest BCUT2D eigenvalue weighted by Gasteiger charge is -2.35. The Morgan fingerprint density at radius 3 is 2.49 bits per heavy atom. The molecule has 2 aliphatic carbocycles. The Kier molecular flexibility index (Phi) is 10.0. The predicted molar refractivity (Wildman–Crippen MR) is 173 cm³/mol. The van der Waals surface area contributed by atoms with E-state index in [1.807, 2.05) is 26.1 Å². The van der Waals surface area contributed by atoms with Crippen LogP contribution in [0, 0.1) is 11.7 Å². The van der Waals surface area contributed by atoms with Crippen molar-refractivity contribution in [3.05, 3.63) is 82.6 Å². The normalized spacial score (nSPS) is 20.7. The third-order valence-corrected chi connectivity index (χ3v) is 9.10. The van der Waals surface area contributed by atoms with E-state index in [0.717, 1.165) is 70.0 Å². The van der Waals surface area contributed by atoms with E-state index in [1.165, 1.54) is 38.5 Å². The van der Waals surface area contributed by atoms with E-state index in [9.17, 15) is 0 Å². The lowest BCUT2D eigenvalue weighted by Crippen LogP contribution is -2.36. The summed E-state index contributed by atoms with van der Waals surface area (Å²) in [5, 5.41) is 3.52. The fourth-order valence-electron chi connectivity index (χ4n) is 6.91. The maximum Gasteiger partial charge on any atom is 0.149 e. The van der Waals surface area contributed by atoms with Gasteiger partial charge in [0.05, 0.1) is 5.69 Å². The second-order valence-electron chi connectivity index (χ2n) is 11.8. The van der Waals surface area contributed by atoms with E-state index in [-0.39, 0.29) is 11.2 Å². The molecule has 5 heteroatoms. The monoisotopic (exact) mass is 556 g/mol. The lowest BCUT2D eigenvalue weighted by molar-refractivity contribution is 0.341. The first kappa shape index (κ1) is 30.9. The van der Waals surface area contributed by atoms with Crippen molar-refractivity contribution in [3.8, 4) is 0 Å². The SMILES string of the molecule is C=C/C(=C(/CN(C)C)NCC)c1cnc2c(c1)C(c1cc(F)c3c(c1)C(C)(C1CCCCCC1)C(C)=N3)=CC2.CC. The molecule has 1 atom stereocenters. The van der Waals surface area contributed by atoms with Gasteiger partial charge in [-0.3, -0.25) is 9.98 Å². The van der Waals surface area contributed by atoms with E-state index in [4.69, 9.17) is 9.98 Å². The van der Waals surface area contributed by atoms with Gasteiger partial charge in [-0.05, 0) is 88.5 Å². The van der Waals surface area contributed by atoms with Gasteiger partial charge in [0.2, 0.25) is 0 Å². The van der Waals surface area contributed by atoms with Gasteiger partial charge < -0.3 is 10.2 Å². The number of halogens is 1. The molecular formula is C36H49FN4. The molecule has 1 aromatic heterocycles. The zero-order valence-electron chi connectivity index (χ0n) is 26.3. The highest BCUT2D eigenvalue weighted by Crippen LogP contribution is 2.51. The first-order valence-corrected chi connectivity index (χ1v) is 15.6. The number of nitrogens with one attached hydrogen (secondary N) is 1. The number of benzene rings is 1. The van der Waals surface area contributed by atoms with E-state index < -0.39 is 0 Å². The molecule has 4 nitrogen and oxygen atoms in total. The van der Waals surface area contributed by atoms with Crippen LogP contribution in [-0.4, -0.2) is 42.8 Å². The van der Waals surface area contributed by atoms with Gasteiger partial charge in [0.1, 0.15) is 11.5 Å². The second-order valence-corrected chi connectivity index (χ2v) is 11.8. The molecule has 3 aliphatic rings. The van der Waals surface area contributed by atoms with Gasteiger partial charge in [-0.2, -0.15) is 0 Å².